The Morgan fingerprint density at radius 2 is 2.42 bits per heavy atom. The largest absolute Gasteiger partial charge is 0.481 e. The number of aliphatic hydroxyl groups is 1. The Bertz CT molecular complexity index is 281. The third kappa shape index (κ3) is 2.35. The average Bonchev–Trinajstić information content (AvgIpc) is 2.34. The van der Waals surface area contributed by atoms with E-state index in [2.05, 4.69) is 15.9 Å². The van der Waals surface area contributed by atoms with E-state index in [1.165, 1.54) is 12.3 Å². The van der Waals surface area contributed by atoms with Gasteiger partial charge in [-0.25, -0.2) is 0 Å². The molecule has 0 saturated carbocycles. The van der Waals surface area contributed by atoms with Crippen molar-refractivity contribution in [2.45, 2.75) is 12.5 Å². The number of carbonyl (C=O) groups is 1. The van der Waals surface area contributed by atoms with Gasteiger partial charge in [0.2, 0.25) is 0 Å². The molecule has 0 unspecified atom stereocenters. The van der Waals surface area contributed by atoms with Gasteiger partial charge in [-0.05, 0) is 22.0 Å². The SMILES string of the molecule is O=C(O)C[C@@H](O)c1cc(Br)co1. The molecule has 0 saturated heterocycles. The second-order valence-electron chi connectivity index (χ2n) is 2.28. The maximum Gasteiger partial charge on any atom is 0.306 e. The highest BCUT2D eigenvalue weighted by Crippen LogP contribution is 2.22. The van der Waals surface area contributed by atoms with Gasteiger partial charge in [0.05, 0.1) is 10.9 Å². The van der Waals surface area contributed by atoms with Crippen molar-refractivity contribution in [1.29, 1.82) is 0 Å². The topological polar surface area (TPSA) is 70.7 Å². The molecule has 0 radical (unpaired) electrons. The summed E-state index contributed by atoms with van der Waals surface area (Å²) in [5.74, 6) is -0.806. The molecule has 0 spiro atoms. The number of carboxylic acids is 1. The second kappa shape index (κ2) is 3.73. The Morgan fingerprint density at radius 1 is 1.75 bits per heavy atom. The van der Waals surface area contributed by atoms with Crippen LogP contribution in [-0.2, 0) is 4.79 Å². The van der Waals surface area contributed by atoms with Crippen LogP contribution in [0.4, 0.5) is 0 Å². The zero-order chi connectivity index (χ0) is 9.14. The van der Waals surface area contributed by atoms with Crippen LogP contribution in [0.15, 0.2) is 21.2 Å². The summed E-state index contributed by atoms with van der Waals surface area (Å²) >= 11 is 3.11. The number of hydrogen-bond acceptors (Lipinski definition) is 3. The minimum Gasteiger partial charge on any atom is -0.481 e. The van der Waals surface area contributed by atoms with Crippen molar-refractivity contribution in [2.75, 3.05) is 0 Å². The highest BCUT2D eigenvalue weighted by Gasteiger charge is 2.15. The van der Waals surface area contributed by atoms with Gasteiger partial charge >= 0.3 is 5.97 Å². The highest BCUT2D eigenvalue weighted by atomic mass is 79.9. The van der Waals surface area contributed by atoms with Crippen LogP contribution < -0.4 is 0 Å². The van der Waals surface area contributed by atoms with Crippen molar-refractivity contribution in [2.24, 2.45) is 0 Å². The van der Waals surface area contributed by atoms with E-state index < -0.39 is 12.1 Å². The molecule has 1 rings (SSSR count). The zero-order valence-corrected chi connectivity index (χ0v) is 7.61. The lowest BCUT2D eigenvalue weighted by Crippen LogP contribution is -2.04. The van der Waals surface area contributed by atoms with Crippen molar-refractivity contribution < 1.29 is 19.4 Å². The summed E-state index contributed by atoms with van der Waals surface area (Å²) in [5.41, 5.74) is 0. The van der Waals surface area contributed by atoms with Crippen LogP contribution in [0.3, 0.4) is 0 Å². The molecule has 2 N–H and O–H groups in total. The number of halogens is 1. The first-order valence-corrected chi connectivity index (χ1v) is 4.02. The Labute approximate surface area is 76.9 Å². The Kier molecular flexibility index (Phi) is 2.88. The summed E-state index contributed by atoms with van der Waals surface area (Å²) in [6.07, 6.45) is -0.0332. The summed E-state index contributed by atoms with van der Waals surface area (Å²) in [6, 6.07) is 1.54. The van der Waals surface area contributed by atoms with E-state index in [4.69, 9.17) is 9.52 Å². The van der Waals surface area contributed by atoms with E-state index in [0.717, 1.165) is 0 Å². The summed E-state index contributed by atoms with van der Waals surface area (Å²) in [5, 5.41) is 17.5. The van der Waals surface area contributed by atoms with Gasteiger partial charge in [-0.2, -0.15) is 0 Å². The number of rotatable bonds is 3. The molecule has 5 heteroatoms. The normalized spacial score (nSPS) is 12.8. The lowest BCUT2D eigenvalue weighted by molar-refractivity contribution is -0.139. The highest BCUT2D eigenvalue weighted by molar-refractivity contribution is 9.10. The van der Waals surface area contributed by atoms with Crippen molar-refractivity contribution in [3.05, 3.63) is 22.6 Å². The van der Waals surface area contributed by atoms with Crippen molar-refractivity contribution in [1.82, 2.24) is 0 Å². The number of aliphatic hydroxyl groups excluding tert-OH is 1. The average molecular weight is 235 g/mol. The fourth-order valence-electron chi connectivity index (χ4n) is 0.769. The van der Waals surface area contributed by atoms with Gasteiger partial charge in [0.1, 0.15) is 18.1 Å². The maximum atomic E-state index is 10.2. The molecule has 0 amide bonds. The first-order chi connectivity index (χ1) is 5.59. The second-order valence-corrected chi connectivity index (χ2v) is 3.20. The molecule has 4 nitrogen and oxygen atoms in total. The van der Waals surface area contributed by atoms with E-state index in [1.54, 1.807) is 0 Å². The van der Waals surface area contributed by atoms with Gasteiger partial charge in [0, 0.05) is 0 Å². The lowest BCUT2D eigenvalue weighted by atomic mass is 10.2. The summed E-state index contributed by atoms with van der Waals surface area (Å²) in [7, 11) is 0. The number of furan rings is 1. The van der Waals surface area contributed by atoms with Gasteiger partial charge in [-0.3, -0.25) is 4.79 Å². The minimum absolute atomic E-state index is 0.254. The van der Waals surface area contributed by atoms with Crippen molar-refractivity contribution >= 4 is 21.9 Å². The molecule has 0 aliphatic rings. The standard InChI is InChI=1S/C7H7BrO4/c8-4-1-6(12-3-4)5(9)2-7(10)11/h1,3,5,9H,2H2,(H,10,11)/t5-/m1/s1. The van der Waals surface area contributed by atoms with Crippen molar-refractivity contribution in [3.63, 3.8) is 0 Å². The molecular formula is C7H7BrO4. The predicted octanol–water partition coefficient (Wildman–Crippen LogP) is 1.55. The van der Waals surface area contributed by atoms with Gasteiger partial charge < -0.3 is 14.6 Å². The number of aliphatic carboxylic acids is 1. The van der Waals surface area contributed by atoms with E-state index in [-0.39, 0.29) is 12.2 Å². The smallest absolute Gasteiger partial charge is 0.306 e. The summed E-state index contributed by atoms with van der Waals surface area (Å²) in [6.45, 7) is 0. The first-order valence-electron chi connectivity index (χ1n) is 3.23. The van der Waals surface area contributed by atoms with E-state index in [1.807, 2.05) is 0 Å². The van der Waals surface area contributed by atoms with Gasteiger partial charge in [-0.1, -0.05) is 0 Å². The van der Waals surface area contributed by atoms with Crippen LogP contribution in [0.5, 0.6) is 0 Å². The monoisotopic (exact) mass is 234 g/mol. The van der Waals surface area contributed by atoms with E-state index in [0.29, 0.717) is 4.47 Å². The van der Waals surface area contributed by atoms with Crippen LogP contribution in [0.1, 0.15) is 18.3 Å². The van der Waals surface area contributed by atoms with Crippen LogP contribution >= 0.6 is 15.9 Å². The minimum atomic E-state index is -1.08. The van der Waals surface area contributed by atoms with Crippen LogP contribution in [-0.4, -0.2) is 16.2 Å². The molecule has 1 aromatic heterocycles. The van der Waals surface area contributed by atoms with Crippen molar-refractivity contribution in [3.8, 4) is 0 Å². The Hall–Kier alpha value is -0.810. The molecule has 66 valence electrons. The van der Waals surface area contributed by atoms with E-state index >= 15 is 0 Å². The first kappa shape index (κ1) is 9.28. The van der Waals surface area contributed by atoms with Crippen LogP contribution in [0.2, 0.25) is 0 Å². The fourth-order valence-corrected chi connectivity index (χ4v) is 1.09. The Balaban J connectivity index is 2.64. The predicted molar refractivity (Wildman–Crippen MR) is 43.6 cm³/mol. The number of carboxylic acid groups (broad SMARTS) is 1. The van der Waals surface area contributed by atoms with Gasteiger partial charge in [0.25, 0.3) is 0 Å². The third-order valence-electron chi connectivity index (χ3n) is 1.28. The molecule has 0 aliphatic carbocycles. The molecule has 0 bridgehead atoms. The summed E-state index contributed by atoms with van der Waals surface area (Å²) in [4.78, 5) is 10.2. The number of hydrogen-bond donors (Lipinski definition) is 2. The molecule has 0 fully saturated rings. The zero-order valence-electron chi connectivity index (χ0n) is 6.03. The molecule has 1 atom stereocenters. The van der Waals surface area contributed by atoms with Crippen LogP contribution in [0, 0.1) is 0 Å². The third-order valence-corrected chi connectivity index (χ3v) is 1.70. The Morgan fingerprint density at radius 3 is 2.83 bits per heavy atom. The fraction of sp³-hybridized carbons (Fsp3) is 0.286. The van der Waals surface area contributed by atoms with E-state index in [9.17, 15) is 9.90 Å². The molecule has 0 aliphatic heterocycles. The lowest BCUT2D eigenvalue weighted by Gasteiger charge is -2.01. The molecule has 1 aromatic rings. The summed E-state index contributed by atoms with van der Waals surface area (Å²) < 4.78 is 5.55. The van der Waals surface area contributed by atoms with Gasteiger partial charge in [-0.15, -0.1) is 0 Å². The molecule has 0 aromatic carbocycles. The van der Waals surface area contributed by atoms with Crippen LogP contribution in [0.25, 0.3) is 0 Å². The van der Waals surface area contributed by atoms with Gasteiger partial charge in [0.15, 0.2) is 0 Å². The maximum absolute atomic E-state index is 10.2. The molecular weight excluding hydrogens is 228 g/mol. The molecule has 12 heavy (non-hydrogen) atoms. The molecule has 1 heterocycles. The quantitative estimate of drug-likeness (QED) is 0.833.